The molecule has 0 aliphatic carbocycles. The minimum absolute atomic E-state index is 0.0146. The smallest absolute Gasteiger partial charge is 0.306 e. The fraction of sp³-hybridized carbons (Fsp3) is 0.818. The standard InChI is InChI=1S/C11H18N2O4/c14-7(4-10(15)16)6-13-3-1-2-8-9(13)5-12-11(8)17/h7-9,14H,1-6H2,(H,12,17)(H,15,16). The highest BCUT2D eigenvalue weighted by Crippen LogP contribution is 2.27. The number of amides is 1. The Hall–Kier alpha value is -1.14. The number of nitrogens with one attached hydrogen (secondary N) is 1. The number of carbonyl (C=O) groups excluding carboxylic acids is 1. The first kappa shape index (κ1) is 12.3. The van der Waals surface area contributed by atoms with Gasteiger partial charge in [0.25, 0.3) is 0 Å². The van der Waals surface area contributed by atoms with Crippen LogP contribution in [0.25, 0.3) is 0 Å². The molecule has 0 spiro atoms. The average Bonchev–Trinajstić information content (AvgIpc) is 2.61. The monoisotopic (exact) mass is 242 g/mol. The van der Waals surface area contributed by atoms with Gasteiger partial charge in [-0.25, -0.2) is 0 Å². The van der Waals surface area contributed by atoms with Crippen molar-refractivity contribution in [1.29, 1.82) is 0 Å². The van der Waals surface area contributed by atoms with Crippen molar-refractivity contribution in [2.24, 2.45) is 5.92 Å². The van der Waals surface area contributed by atoms with Gasteiger partial charge in [-0.2, -0.15) is 0 Å². The third-order valence-corrected chi connectivity index (χ3v) is 3.57. The van der Waals surface area contributed by atoms with Crippen LogP contribution in [-0.4, -0.2) is 58.8 Å². The highest BCUT2D eigenvalue weighted by Gasteiger charge is 2.41. The molecule has 0 aromatic heterocycles. The van der Waals surface area contributed by atoms with Crippen LogP contribution >= 0.6 is 0 Å². The van der Waals surface area contributed by atoms with E-state index in [1.807, 2.05) is 4.90 Å². The van der Waals surface area contributed by atoms with Crippen molar-refractivity contribution in [1.82, 2.24) is 10.2 Å². The number of hydrogen-bond donors (Lipinski definition) is 3. The summed E-state index contributed by atoms with van der Waals surface area (Å²) >= 11 is 0. The van der Waals surface area contributed by atoms with Crippen LogP contribution in [0.1, 0.15) is 19.3 Å². The number of likely N-dealkylation sites (tertiary alicyclic amines) is 1. The van der Waals surface area contributed by atoms with Gasteiger partial charge in [-0.05, 0) is 19.4 Å². The van der Waals surface area contributed by atoms with Gasteiger partial charge in [0.1, 0.15) is 0 Å². The van der Waals surface area contributed by atoms with Crippen LogP contribution < -0.4 is 5.32 Å². The third kappa shape index (κ3) is 2.76. The number of carboxylic acids is 1. The number of hydrogen-bond acceptors (Lipinski definition) is 4. The predicted octanol–water partition coefficient (Wildman–Crippen LogP) is -0.968. The van der Waals surface area contributed by atoms with Crippen molar-refractivity contribution in [3.63, 3.8) is 0 Å². The second-order valence-electron chi connectivity index (χ2n) is 4.81. The SMILES string of the molecule is O=C(O)CC(O)CN1CCCC2C(=O)NCC21. The number of aliphatic hydroxyl groups excluding tert-OH is 1. The summed E-state index contributed by atoms with van der Waals surface area (Å²) in [7, 11) is 0. The Morgan fingerprint density at radius 3 is 3.06 bits per heavy atom. The normalized spacial score (nSPS) is 30.8. The van der Waals surface area contributed by atoms with Crippen molar-refractivity contribution in [2.75, 3.05) is 19.6 Å². The lowest BCUT2D eigenvalue weighted by Crippen LogP contribution is -2.48. The molecule has 1 amide bonds. The van der Waals surface area contributed by atoms with E-state index in [0.717, 1.165) is 19.4 Å². The molecule has 0 bridgehead atoms. The zero-order chi connectivity index (χ0) is 12.4. The maximum Gasteiger partial charge on any atom is 0.306 e. The number of piperidine rings is 1. The number of carbonyl (C=O) groups is 2. The fourth-order valence-electron chi connectivity index (χ4n) is 2.80. The van der Waals surface area contributed by atoms with E-state index in [2.05, 4.69) is 5.32 Å². The van der Waals surface area contributed by atoms with E-state index in [9.17, 15) is 14.7 Å². The Labute approximate surface area is 99.6 Å². The molecule has 3 unspecified atom stereocenters. The summed E-state index contributed by atoms with van der Waals surface area (Å²) in [4.78, 5) is 24.1. The van der Waals surface area contributed by atoms with Crippen molar-refractivity contribution >= 4 is 11.9 Å². The zero-order valence-electron chi connectivity index (χ0n) is 9.63. The molecule has 96 valence electrons. The van der Waals surface area contributed by atoms with E-state index in [1.54, 1.807) is 0 Å². The summed E-state index contributed by atoms with van der Waals surface area (Å²) in [5, 5.41) is 21.1. The second-order valence-corrected chi connectivity index (χ2v) is 4.81. The van der Waals surface area contributed by atoms with Gasteiger partial charge in [-0.3, -0.25) is 14.5 Å². The van der Waals surface area contributed by atoms with Gasteiger partial charge in [0, 0.05) is 19.1 Å². The van der Waals surface area contributed by atoms with E-state index in [0.29, 0.717) is 13.1 Å². The van der Waals surface area contributed by atoms with Crippen molar-refractivity contribution in [3.8, 4) is 0 Å². The molecule has 6 heteroatoms. The minimum Gasteiger partial charge on any atom is -0.481 e. The van der Waals surface area contributed by atoms with Gasteiger partial charge in [0.05, 0.1) is 18.4 Å². The van der Waals surface area contributed by atoms with Gasteiger partial charge in [0.15, 0.2) is 0 Å². The maximum atomic E-state index is 11.5. The number of aliphatic carboxylic acids is 1. The predicted molar refractivity (Wildman–Crippen MR) is 59.4 cm³/mol. The number of β-amino-alcohol motifs (C(OH)–C–C–N with tert-alkyl or cyclic N) is 1. The fourth-order valence-corrected chi connectivity index (χ4v) is 2.80. The van der Waals surface area contributed by atoms with E-state index in [4.69, 9.17) is 5.11 Å². The van der Waals surface area contributed by atoms with Crippen molar-refractivity contribution in [2.45, 2.75) is 31.4 Å². The number of nitrogens with zero attached hydrogens (tertiary/aromatic N) is 1. The minimum atomic E-state index is -0.994. The first-order valence-electron chi connectivity index (χ1n) is 5.99. The Balaban J connectivity index is 1.92. The number of rotatable bonds is 4. The Bertz CT molecular complexity index is 321. The molecular formula is C11H18N2O4. The molecule has 2 fully saturated rings. The molecule has 2 aliphatic rings. The second kappa shape index (κ2) is 5.01. The van der Waals surface area contributed by atoms with Crippen LogP contribution in [0.15, 0.2) is 0 Å². The molecule has 3 atom stereocenters. The van der Waals surface area contributed by atoms with E-state index < -0.39 is 12.1 Å². The number of fused-ring (bicyclic) bond motifs is 1. The van der Waals surface area contributed by atoms with Gasteiger partial charge >= 0.3 is 5.97 Å². The number of aliphatic hydroxyl groups is 1. The highest BCUT2D eigenvalue weighted by atomic mass is 16.4. The molecule has 0 aromatic rings. The molecular weight excluding hydrogens is 224 g/mol. The molecule has 2 heterocycles. The lowest BCUT2D eigenvalue weighted by Gasteiger charge is -2.36. The summed E-state index contributed by atoms with van der Waals surface area (Å²) in [5.74, 6) is -0.889. The molecule has 17 heavy (non-hydrogen) atoms. The summed E-state index contributed by atoms with van der Waals surface area (Å²) in [6, 6.07) is 0.125. The Morgan fingerprint density at radius 1 is 1.59 bits per heavy atom. The number of carboxylic acid groups (broad SMARTS) is 1. The zero-order valence-corrected chi connectivity index (χ0v) is 9.63. The average molecular weight is 242 g/mol. The van der Waals surface area contributed by atoms with Crippen LogP contribution in [0.4, 0.5) is 0 Å². The van der Waals surface area contributed by atoms with Crippen LogP contribution in [0.2, 0.25) is 0 Å². The molecule has 0 aromatic carbocycles. The van der Waals surface area contributed by atoms with Crippen LogP contribution in [0.3, 0.4) is 0 Å². The molecule has 3 N–H and O–H groups in total. The summed E-state index contributed by atoms with van der Waals surface area (Å²) < 4.78 is 0. The molecule has 6 nitrogen and oxygen atoms in total. The maximum absolute atomic E-state index is 11.5. The van der Waals surface area contributed by atoms with E-state index in [1.165, 1.54) is 0 Å². The van der Waals surface area contributed by atoms with Gasteiger partial charge in [-0.1, -0.05) is 0 Å². The molecule has 2 aliphatic heterocycles. The van der Waals surface area contributed by atoms with Crippen LogP contribution in [0, 0.1) is 5.92 Å². The lowest BCUT2D eigenvalue weighted by molar-refractivity contribution is -0.139. The van der Waals surface area contributed by atoms with Gasteiger partial charge in [0.2, 0.25) is 5.91 Å². The third-order valence-electron chi connectivity index (χ3n) is 3.57. The molecule has 0 radical (unpaired) electrons. The van der Waals surface area contributed by atoms with Gasteiger partial charge in [-0.15, -0.1) is 0 Å². The van der Waals surface area contributed by atoms with E-state index >= 15 is 0 Å². The Morgan fingerprint density at radius 2 is 2.35 bits per heavy atom. The van der Waals surface area contributed by atoms with E-state index in [-0.39, 0.29) is 24.3 Å². The largest absolute Gasteiger partial charge is 0.481 e. The molecule has 2 rings (SSSR count). The van der Waals surface area contributed by atoms with Crippen LogP contribution in [-0.2, 0) is 9.59 Å². The first-order valence-corrected chi connectivity index (χ1v) is 5.99. The first-order chi connectivity index (χ1) is 8.08. The topological polar surface area (TPSA) is 89.9 Å². The van der Waals surface area contributed by atoms with Crippen molar-refractivity contribution in [3.05, 3.63) is 0 Å². The summed E-state index contributed by atoms with van der Waals surface area (Å²) in [5.41, 5.74) is 0. The van der Waals surface area contributed by atoms with Crippen LogP contribution in [0.5, 0.6) is 0 Å². The summed E-state index contributed by atoms with van der Waals surface area (Å²) in [6.07, 6.45) is 0.716. The highest BCUT2D eigenvalue weighted by molar-refractivity contribution is 5.82. The molecule has 2 saturated heterocycles. The van der Waals surface area contributed by atoms with Gasteiger partial charge < -0.3 is 15.5 Å². The quantitative estimate of drug-likeness (QED) is 0.590. The van der Waals surface area contributed by atoms with Crippen molar-refractivity contribution < 1.29 is 19.8 Å². The lowest BCUT2D eigenvalue weighted by atomic mass is 9.91. The molecule has 0 saturated carbocycles. The summed E-state index contributed by atoms with van der Waals surface area (Å²) in [6.45, 7) is 1.78. The Kier molecular flexibility index (Phi) is 3.63.